The summed E-state index contributed by atoms with van der Waals surface area (Å²) in [6.45, 7) is 2.35. The summed E-state index contributed by atoms with van der Waals surface area (Å²) in [6.07, 6.45) is -0.924. The Morgan fingerprint density at radius 1 is 1.15 bits per heavy atom. The van der Waals surface area contributed by atoms with Crippen molar-refractivity contribution in [3.8, 4) is 0 Å². The molecule has 0 saturated carbocycles. The number of rotatable bonds is 13. The zero-order valence-electron chi connectivity index (χ0n) is 21.5. The molecular weight excluding hydrogens is 515 g/mol. The van der Waals surface area contributed by atoms with E-state index in [9.17, 15) is 23.6 Å². The highest BCUT2D eigenvalue weighted by Gasteiger charge is 2.46. The van der Waals surface area contributed by atoms with Crippen molar-refractivity contribution < 1.29 is 37.1 Å². The lowest BCUT2D eigenvalue weighted by Crippen LogP contribution is -2.51. The Balaban J connectivity index is 1.76. The minimum Gasteiger partial charge on any atom is -0.434 e. The van der Waals surface area contributed by atoms with Crippen molar-refractivity contribution in [1.29, 1.82) is 0 Å². The fourth-order valence-corrected chi connectivity index (χ4v) is 4.40. The van der Waals surface area contributed by atoms with Gasteiger partial charge in [-0.3, -0.25) is 9.59 Å². The number of carbonyl (C=O) groups excluding carboxylic acids is 4. The van der Waals surface area contributed by atoms with E-state index >= 15 is 8.78 Å². The lowest BCUT2D eigenvalue weighted by Gasteiger charge is -2.28. The molecule has 1 aliphatic heterocycles. The first kappa shape index (κ1) is 29.7. The van der Waals surface area contributed by atoms with Gasteiger partial charge >= 0.3 is 12.0 Å². The molecule has 2 aromatic rings. The van der Waals surface area contributed by atoms with Crippen LogP contribution in [0.4, 0.5) is 18.0 Å². The molecule has 0 bridgehead atoms. The van der Waals surface area contributed by atoms with Gasteiger partial charge in [0.25, 0.3) is 0 Å². The van der Waals surface area contributed by atoms with Gasteiger partial charge in [-0.2, -0.15) is 8.78 Å². The van der Waals surface area contributed by atoms with Crippen LogP contribution in [-0.4, -0.2) is 42.8 Å². The summed E-state index contributed by atoms with van der Waals surface area (Å²) in [5.41, 5.74) is -0.721. The second-order valence-corrected chi connectivity index (χ2v) is 9.43. The summed E-state index contributed by atoms with van der Waals surface area (Å²) in [5, 5.41) is 7.54. The second-order valence-electron chi connectivity index (χ2n) is 9.43. The molecule has 1 heterocycles. The van der Waals surface area contributed by atoms with Gasteiger partial charge in [-0.15, -0.1) is 0 Å². The summed E-state index contributed by atoms with van der Waals surface area (Å²) in [6, 6.07) is 8.98. The molecule has 11 heteroatoms. The minimum absolute atomic E-state index is 0.0349. The van der Waals surface area contributed by atoms with E-state index in [1.54, 1.807) is 6.07 Å². The predicted molar refractivity (Wildman–Crippen MR) is 136 cm³/mol. The van der Waals surface area contributed by atoms with Gasteiger partial charge in [0.05, 0.1) is 6.04 Å². The Labute approximate surface area is 224 Å². The third kappa shape index (κ3) is 8.05. The molecule has 0 aliphatic carbocycles. The molecule has 1 fully saturated rings. The summed E-state index contributed by atoms with van der Waals surface area (Å²) < 4.78 is 50.1. The van der Waals surface area contributed by atoms with Crippen LogP contribution in [-0.2, 0) is 25.0 Å². The molecular formula is C28H32F3N3O5. The first-order valence-corrected chi connectivity index (χ1v) is 12.8. The number of alkyl halides is 2. The number of hydrogen-bond donors (Lipinski definition) is 3. The second kappa shape index (κ2) is 13.8. The van der Waals surface area contributed by atoms with Gasteiger partial charge in [0.1, 0.15) is 18.1 Å². The van der Waals surface area contributed by atoms with E-state index in [0.29, 0.717) is 38.2 Å². The van der Waals surface area contributed by atoms with Crippen LogP contribution < -0.4 is 16.0 Å². The van der Waals surface area contributed by atoms with Crippen molar-refractivity contribution in [2.45, 2.75) is 63.1 Å². The zero-order chi connectivity index (χ0) is 28.4. The van der Waals surface area contributed by atoms with Crippen LogP contribution in [0.2, 0.25) is 0 Å². The Bertz CT molecular complexity index is 1150. The normalized spacial score (nSPS) is 17.4. The van der Waals surface area contributed by atoms with Crippen molar-refractivity contribution in [2.75, 3.05) is 6.54 Å². The molecule has 1 aliphatic rings. The van der Waals surface area contributed by atoms with Gasteiger partial charge in [0.15, 0.2) is 6.10 Å². The third-order valence-corrected chi connectivity index (χ3v) is 6.51. The maximum Gasteiger partial charge on any atom is 0.408 e. The summed E-state index contributed by atoms with van der Waals surface area (Å²) in [5.74, 6) is -6.02. The monoisotopic (exact) mass is 547 g/mol. The lowest BCUT2D eigenvalue weighted by atomic mass is 9.97. The predicted octanol–water partition coefficient (Wildman–Crippen LogP) is 4.15. The minimum atomic E-state index is -3.81. The smallest absolute Gasteiger partial charge is 0.408 e. The summed E-state index contributed by atoms with van der Waals surface area (Å²) >= 11 is 0. The lowest BCUT2D eigenvalue weighted by molar-refractivity contribution is -0.129. The van der Waals surface area contributed by atoms with Gasteiger partial charge in [-0.05, 0) is 37.0 Å². The van der Waals surface area contributed by atoms with E-state index in [4.69, 9.17) is 4.74 Å². The Morgan fingerprint density at radius 2 is 1.90 bits per heavy atom. The van der Waals surface area contributed by atoms with Crippen molar-refractivity contribution in [1.82, 2.24) is 16.0 Å². The largest absolute Gasteiger partial charge is 0.434 e. The number of carbonyl (C=O) groups is 4. The molecule has 3 amide bonds. The van der Waals surface area contributed by atoms with Gasteiger partial charge in [-0.1, -0.05) is 62.2 Å². The van der Waals surface area contributed by atoms with Crippen LogP contribution in [0, 0.1) is 11.7 Å². The Hall–Kier alpha value is -3.89. The standard InChI is InChI=1S/C28H32F3N3O5/c1-2-3-12-23(26(37)33-22(17-35)15-19-13-14-32-25(19)36)34-27(38)39-24(18-8-5-4-6-9-18)28(30,31)20-10-7-11-21(29)16-20/h4-11,16-17,19,22-24H,2-3,12-15H2,1H3,(H,32,36)(H,33,37)(H,34,38)/t19-,22-,23-,24?/m0/s1. The Morgan fingerprint density at radius 3 is 2.51 bits per heavy atom. The molecule has 0 radical (unpaired) electrons. The fourth-order valence-electron chi connectivity index (χ4n) is 4.40. The molecule has 4 atom stereocenters. The highest BCUT2D eigenvalue weighted by atomic mass is 19.3. The van der Waals surface area contributed by atoms with Crippen molar-refractivity contribution >= 4 is 24.2 Å². The summed E-state index contributed by atoms with van der Waals surface area (Å²) in [7, 11) is 0. The summed E-state index contributed by atoms with van der Waals surface area (Å²) in [4.78, 5) is 49.3. The molecule has 39 heavy (non-hydrogen) atoms. The van der Waals surface area contributed by atoms with E-state index in [1.807, 2.05) is 6.92 Å². The van der Waals surface area contributed by atoms with Gasteiger partial charge in [0.2, 0.25) is 11.8 Å². The van der Waals surface area contributed by atoms with E-state index in [1.165, 1.54) is 24.3 Å². The first-order valence-electron chi connectivity index (χ1n) is 12.8. The van der Waals surface area contributed by atoms with E-state index in [-0.39, 0.29) is 24.3 Å². The molecule has 3 N–H and O–H groups in total. The van der Waals surface area contributed by atoms with Crippen LogP contribution in [0.25, 0.3) is 0 Å². The molecule has 1 saturated heterocycles. The van der Waals surface area contributed by atoms with Gasteiger partial charge in [-0.25, -0.2) is 9.18 Å². The average molecular weight is 548 g/mol. The number of hydrogen-bond acceptors (Lipinski definition) is 5. The van der Waals surface area contributed by atoms with Crippen LogP contribution in [0.3, 0.4) is 0 Å². The topological polar surface area (TPSA) is 114 Å². The zero-order valence-corrected chi connectivity index (χ0v) is 21.5. The average Bonchev–Trinajstić information content (AvgIpc) is 3.33. The quantitative estimate of drug-likeness (QED) is 0.326. The number of alkyl carbamates (subject to hydrolysis) is 1. The van der Waals surface area contributed by atoms with Crippen molar-refractivity contribution in [3.63, 3.8) is 0 Å². The number of halogens is 3. The molecule has 8 nitrogen and oxygen atoms in total. The van der Waals surface area contributed by atoms with Crippen LogP contribution >= 0.6 is 0 Å². The van der Waals surface area contributed by atoms with E-state index < -0.39 is 53.4 Å². The number of nitrogens with one attached hydrogen (secondary N) is 3. The molecule has 1 unspecified atom stereocenters. The maximum atomic E-state index is 15.6. The van der Waals surface area contributed by atoms with Crippen molar-refractivity contribution in [2.24, 2.45) is 5.92 Å². The fraction of sp³-hybridized carbons (Fsp3) is 0.429. The third-order valence-electron chi connectivity index (χ3n) is 6.51. The molecule has 210 valence electrons. The molecule has 0 aromatic heterocycles. The number of aldehydes is 1. The van der Waals surface area contributed by atoms with E-state index in [2.05, 4.69) is 16.0 Å². The van der Waals surface area contributed by atoms with Crippen LogP contribution in [0.15, 0.2) is 54.6 Å². The molecule has 0 spiro atoms. The van der Waals surface area contributed by atoms with Crippen LogP contribution in [0.1, 0.15) is 56.3 Å². The molecule has 3 rings (SSSR count). The van der Waals surface area contributed by atoms with Crippen molar-refractivity contribution in [3.05, 3.63) is 71.5 Å². The number of ether oxygens (including phenoxy) is 1. The van der Waals surface area contributed by atoms with E-state index in [0.717, 1.165) is 18.2 Å². The SMILES string of the molecule is CCCC[C@H](NC(=O)OC(c1ccccc1)C(F)(F)c1cccc(F)c1)C(=O)N[C@H](C=O)C[C@@H]1CCNC1=O. The number of amides is 3. The van der Waals surface area contributed by atoms with Gasteiger partial charge in [0, 0.05) is 18.0 Å². The number of benzene rings is 2. The first-order chi connectivity index (χ1) is 18.6. The Kier molecular flexibility index (Phi) is 10.5. The maximum absolute atomic E-state index is 15.6. The molecule has 2 aromatic carbocycles. The number of unbranched alkanes of at least 4 members (excludes halogenated alkanes) is 1. The highest BCUT2D eigenvalue weighted by Crippen LogP contribution is 2.43. The highest BCUT2D eigenvalue weighted by molar-refractivity contribution is 5.88. The van der Waals surface area contributed by atoms with Crippen LogP contribution in [0.5, 0.6) is 0 Å². The van der Waals surface area contributed by atoms with Gasteiger partial charge < -0.3 is 25.5 Å².